The number of benzene rings is 3. The smallest absolute Gasteiger partial charge is 0.344 e. The number of hydrazone groups is 1. The lowest BCUT2D eigenvalue weighted by Crippen LogP contribution is -2.24. The number of esters is 1. The molecular weight excluding hydrogens is 547 g/mol. The van der Waals surface area contributed by atoms with Gasteiger partial charge in [-0.15, -0.1) is 0 Å². The van der Waals surface area contributed by atoms with E-state index in [1.54, 1.807) is 54.6 Å². The number of hydrogen-bond acceptors (Lipinski definition) is 6. The number of methoxy groups -OCH3 is 1. The maximum Gasteiger partial charge on any atom is 0.344 e. The van der Waals surface area contributed by atoms with Crippen molar-refractivity contribution in [2.24, 2.45) is 5.10 Å². The Bertz CT molecular complexity index is 1140. The normalized spacial score (nSPS) is 10.6. The summed E-state index contributed by atoms with van der Waals surface area (Å²) in [4.78, 5) is 24.3. The van der Waals surface area contributed by atoms with E-state index in [1.807, 2.05) is 12.1 Å². The van der Waals surface area contributed by atoms with Crippen LogP contribution in [0.2, 0.25) is 5.02 Å². The highest BCUT2D eigenvalue weighted by Crippen LogP contribution is 2.29. The van der Waals surface area contributed by atoms with Gasteiger partial charge < -0.3 is 14.2 Å². The molecule has 0 heterocycles. The van der Waals surface area contributed by atoms with Gasteiger partial charge in [0, 0.05) is 8.59 Å². The van der Waals surface area contributed by atoms with Gasteiger partial charge >= 0.3 is 5.97 Å². The average molecular weight is 565 g/mol. The summed E-state index contributed by atoms with van der Waals surface area (Å²) in [5.41, 5.74) is 3.47. The molecule has 0 spiro atoms. The number of ether oxygens (including phenoxy) is 3. The monoisotopic (exact) mass is 564 g/mol. The first-order valence-electron chi connectivity index (χ1n) is 9.31. The van der Waals surface area contributed by atoms with E-state index in [-0.39, 0.29) is 12.4 Å². The third-order valence-corrected chi connectivity index (χ3v) is 5.26. The third kappa shape index (κ3) is 6.69. The van der Waals surface area contributed by atoms with Crippen LogP contribution in [0.3, 0.4) is 0 Å². The van der Waals surface area contributed by atoms with E-state index in [0.717, 1.165) is 3.57 Å². The molecule has 0 aliphatic carbocycles. The number of nitrogens with zero attached hydrogens (tertiary/aromatic N) is 1. The second-order valence-electron chi connectivity index (χ2n) is 6.32. The molecule has 3 rings (SSSR count). The first kappa shape index (κ1) is 23.6. The predicted octanol–water partition coefficient (Wildman–Crippen LogP) is 4.70. The zero-order chi connectivity index (χ0) is 22.9. The van der Waals surface area contributed by atoms with Crippen LogP contribution in [0.1, 0.15) is 15.9 Å². The molecule has 0 fully saturated rings. The second-order valence-corrected chi connectivity index (χ2v) is 7.91. The van der Waals surface area contributed by atoms with E-state index in [2.05, 4.69) is 33.1 Å². The van der Waals surface area contributed by atoms with Crippen molar-refractivity contribution < 1.29 is 23.8 Å². The third-order valence-electron chi connectivity index (χ3n) is 4.07. The van der Waals surface area contributed by atoms with Crippen LogP contribution in [-0.2, 0) is 4.79 Å². The SMILES string of the molecule is COc1cc(/C=N/NC(=O)COc2ccc(Cl)cc2)ccc1OC(=O)c1ccccc1I. The van der Waals surface area contributed by atoms with E-state index >= 15 is 0 Å². The summed E-state index contributed by atoms with van der Waals surface area (Å²) in [6.07, 6.45) is 1.44. The average Bonchev–Trinajstić information content (AvgIpc) is 2.79. The van der Waals surface area contributed by atoms with Crippen molar-refractivity contribution in [2.75, 3.05) is 13.7 Å². The predicted molar refractivity (Wildman–Crippen MR) is 130 cm³/mol. The molecule has 7 nitrogen and oxygen atoms in total. The van der Waals surface area contributed by atoms with Gasteiger partial charge in [-0.3, -0.25) is 4.79 Å². The van der Waals surface area contributed by atoms with Crippen molar-refractivity contribution in [1.82, 2.24) is 5.43 Å². The molecule has 0 aromatic heterocycles. The number of amides is 1. The largest absolute Gasteiger partial charge is 0.493 e. The number of halogens is 2. The molecule has 0 bridgehead atoms. The summed E-state index contributed by atoms with van der Waals surface area (Å²) in [5.74, 6) is 0.239. The molecule has 0 aliphatic rings. The van der Waals surface area contributed by atoms with Gasteiger partial charge in [0.1, 0.15) is 5.75 Å². The van der Waals surface area contributed by atoms with Crippen molar-refractivity contribution in [2.45, 2.75) is 0 Å². The van der Waals surface area contributed by atoms with Crippen molar-refractivity contribution in [1.29, 1.82) is 0 Å². The van der Waals surface area contributed by atoms with E-state index in [1.165, 1.54) is 13.3 Å². The highest BCUT2D eigenvalue weighted by molar-refractivity contribution is 14.1. The molecule has 0 atom stereocenters. The Morgan fingerprint density at radius 2 is 1.81 bits per heavy atom. The fraction of sp³-hybridized carbons (Fsp3) is 0.0870. The molecule has 164 valence electrons. The van der Waals surface area contributed by atoms with Crippen molar-refractivity contribution in [3.63, 3.8) is 0 Å². The number of nitrogens with one attached hydrogen (secondary N) is 1. The molecule has 32 heavy (non-hydrogen) atoms. The van der Waals surface area contributed by atoms with Crippen molar-refractivity contribution in [3.8, 4) is 17.2 Å². The maximum absolute atomic E-state index is 12.4. The minimum Gasteiger partial charge on any atom is -0.493 e. The van der Waals surface area contributed by atoms with Gasteiger partial charge in [0.25, 0.3) is 5.91 Å². The van der Waals surface area contributed by atoms with Gasteiger partial charge in [-0.25, -0.2) is 10.2 Å². The van der Waals surface area contributed by atoms with Gasteiger partial charge in [-0.2, -0.15) is 5.10 Å². The first-order chi connectivity index (χ1) is 15.5. The lowest BCUT2D eigenvalue weighted by molar-refractivity contribution is -0.123. The highest BCUT2D eigenvalue weighted by atomic mass is 127. The van der Waals surface area contributed by atoms with Crippen LogP contribution in [0.15, 0.2) is 71.8 Å². The molecule has 1 amide bonds. The lowest BCUT2D eigenvalue weighted by Gasteiger charge is -2.10. The Kier molecular flexibility index (Phi) is 8.46. The van der Waals surface area contributed by atoms with E-state index < -0.39 is 11.9 Å². The molecule has 1 N–H and O–H groups in total. The van der Waals surface area contributed by atoms with Gasteiger partial charge in [0.2, 0.25) is 0 Å². The number of hydrogen-bond donors (Lipinski definition) is 1. The molecule has 0 unspecified atom stereocenters. The number of rotatable bonds is 8. The van der Waals surface area contributed by atoms with Crippen molar-refractivity contribution >= 4 is 52.3 Å². The summed E-state index contributed by atoms with van der Waals surface area (Å²) in [6, 6.07) is 18.7. The topological polar surface area (TPSA) is 86.2 Å². The quantitative estimate of drug-likeness (QED) is 0.141. The fourth-order valence-corrected chi connectivity index (χ4v) is 3.25. The van der Waals surface area contributed by atoms with E-state index in [0.29, 0.717) is 27.6 Å². The Morgan fingerprint density at radius 3 is 2.53 bits per heavy atom. The Balaban J connectivity index is 1.57. The zero-order valence-electron chi connectivity index (χ0n) is 16.9. The van der Waals surface area contributed by atoms with Gasteiger partial charge in [-0.05, 0) is 82.8 Å². The molecule has 0 radical (unpaired) electrons. The minimum absolute atomic E-state index is 0.199. The van der Waals surface area contributed by atoms with Crippen LogP contribution >= 0.6 is 34.2 Å². The standard InChI is InChI=1S/C23H18ClIN2O5/c1-30-21-12-15(6-11-20(21)32-23(29)18-4-2-3-5-19(18)25)13-26-27-22(28)14-31-17-9-7-16(24)8-10-17/h2-13H,14H2,1H3,(H,27,28)/b26-13+. The number of carbonyl (C=O) groups excluding carboxylic acids is 2. The molecule has 9 heteroatoms. The fourth-order valence-electron chi connectivity index (χ4n) is 2.52. The summed E-state index contributed by atoms with van der Waals surface area (Å²) < 4.78 is 16.9. The summed E-state index contributed by atoms with van der Waals surface area (Å²) in [7, 11) is 1.47. The summed E-state index contributed by atoms with van der Waals surface area (Å²) in [5, 5.41) is 4.48. The van der Waals surface area contributed by atoms with Crippen LogP contribution in [0.4, 0.5) is 0 Å². The van der Waals surface area contributed by atoms with Gasteiger partial charge in [0.15, 0.2) is 18.1 Å². The number of carbonyl (C=O) groups is 2. The maximum atomic E-state index is 12.4. The first-order valence-corrected chi connectivity index (χ1v) is 10.8. The van der Waals surface area contributed by atoms with Crippen LogP contribution in [0, 0.1) is 3.57 Å². The molecular formula is C23H18ClIN2O5. The Morgan fingerprint density at radius 1 is 1.06 bits per heavy atom. The molecule has 0 aliphatic heterocycles. The highest BCUT2D eigenvalue weighted by Gasteiger charge is 2.15. The Hall–Kier alpha value is -3.11. The molecule has 0 saturated carbocycles. The van der Waals surface area contributed by atoms with Crippen molar-refractivity contribution in [3.05, 3.63) is 86.4 Å². The van der Waals surface area contributed by atoms with Crippen LogP contribution in [0.5, 0.6) is 17.2 Å². The lowest BCUT2D eigenvalue weighted by atomic mass is 10.2. The molecule has 0 saturated heterocycles. The van der Waals surface area contributed by atoms with E-state index in [9.17, 15) is 9.59 Å². The molecule has 3 aromatic rings. The second kappa shape index (κ2) is 11.5. The zero-order valence-corrected chi connectivity index (χ0v) is 19.8. The van der Waals surface area contributed by atoms with Crippen LogP contribution in [-0.4, -0.2) is 31.8 Å². The van der Waals surface area contributed by atoms with Crippen LogP contribution < -0.4 is 19.6 Å². The van der Waals surface area contributed by atoms with Gasteiger partial charge in [-0.1, -0.05) is 23.7 Å². The summed E-state index contributed by atoms with van der Waals surface area (Å²) in [6.45, 7) is -0.199. The van der Waals surface area contributed by atoms with E-state index in [4.69, 9.17) is 25.8 Å². The molecule has 3 aromatic carbocycles. The minimum atomic E-state index is -0.484. The van der Waals surface area contributed by atoms with Crippen LogP contribution in [0.25, 0.3) is 0 Å². The summed E-state index contributed by atoms with van der Waals surface area (Å²) >= 11 is 7.88. The van der Waals surface area contributed by atoms with Gasteiger partial charge in [0.05, 0.1) is 18.9 Å². The Labute approximate surface area is 203 Å².